The zero-order valence-electron chi connectivity index (χ0n) is 12.3. The van der Waals surface area contributed by atoms with Crippen LogP contribution in [0.15, 0.2) is 46.9 Å². The summed E-state index contributed by atoms with van der Waals surface area (Å²) in [4.78, 5) is 16.9. The van der Waals surface area contributed by atoms with Crippen molar-refractivity contribution in [3.05, 3.63) is 46.9 Å². The number of rotatable bonds is 6. The molecule has 0 bridgehead atoms. The van der Waals surface area contributed by atoms with Crippen molar-refractivity contribution in [2.75, 3.05) is 13.6 Å². The first kappa shape index (κ1) is 16.6. The maximum absolute atomic E-state index is 12.3. The zero-order chi connectivity index (χ0) is 16.2. The highest BCUT2D eigenvalue weighted by atomic mass is 32.2. The molecule has 2 heterocycles. The number of amides is 1. The fourth-order valence-electron chi connectivity index (χ4n) is 1.86. The molecule has 0 fully saturated rings. The molecule has 0 aromatic carbocycles. The van der Waals surface area contributed by atoms with E-state index in [2.05, 4.69) is 10.3 Å². The van der Waals surface area contributed by atoms with E-state index < -0.39 is 10.0 Å². The van der Waals surface area contributed by atoms with E-state index in [1.807, 2.05) is 24.4 Å². The Kier molecular flexibility index (Phi) is 5.28. The number of sulfonamides is 1. The summed E-state index contributed by atoms with van der Waals surface area (Å²) in [6, 6.07) is 6.67. The van der Waals surface area contributed by atoms with Crippen molar-refractivity contribution < 1.29 is 13.2 Å². The van der Waals surface area contributed by atoms with Gasteiger partial charge in [0.15, 0.2) is 0 Å². The summed E-state index contributed by atoms with van der Waals surface area (Å²) in [6.45, 7) is 1.62. The number of aromatic nitrogens is 1. The fourth-order valence-corrected chi connectivity index (χ4v) is 3.69. The van der Waals surface area contributed by atoms with Crippen LogP contribution in [0.4, 0.5) is 0 Å². The Morgan fingerprint density at radius 1 is 1.41 bits per heavy atom. The Hall–Kier alpha value is -1.77. The smallest absolute Gasteiger partial charge is 0.244 e. The quantitative estimate of drug-likeness (QED) is 0.868. The highest BCUT2D eigenvalue weighted by Gasteiger charge is 2.23. The summed E-state index contributed by atoms with van der Waals surface area (Å²) in [7, 11) is -2.34. The van der Waals surface area contributed by atoms with Gasteiger partial charge in [0.2, 0.25) is 15.9 Å². The summed E-state index contributed by atoms with van der Waals surface area (Å²) < 4.78 is 25.6. The maximum atomic E-state index is 12.3. The van der Waals surface area contributed by atoms with Crippen molar-refractivity contribution in [2.24, 2.45) is 0 Å². The summed E-state index contributed by atoms with van der Waals surface area (Å²) in [5.41, 5.74) is 0. The third kappa shape index (κ3) is 3.90. The lowest BCUT2D eigenvalue weighted by atomic mass is 10.3. The number of pyridine rings is 1. The molecule has 1 N–H and O–H groups in total. The number of hydrogen-bond acceptors (Lipinski definition) is 5. The number of nitrogens with zero attached hydrogens (tertiary/aromatic N) is 2. The van der Waals surface area contributed by atoms with E-state index in [0.717, 1.165) is 9.18 Å². The second kappa shape index (κ2) is 6.99. The lowest BCUT2D eigenvalue weighted by Crippen LogP contribution is -2.39. The van der Waals surface area contributed by atoms with Gasteiger partial charge < -0.3 is 5.32 Å². The fraction of sp³-hybridized carbons (Fsp3) is 0.286. The van der Waals surface area contributed by atoms with Crippen molar-refractivity contribution in [1.82, 2.24) is 14.6 Å². The Labute approximate surface area is 133 Å². The van der Waals surface area contributed by atoms with Crippen LogP contribution in [0.2, 0.25) is 0 Å². The molecule has 6 nitrogen and oxygen atoms in total. The molecule has 0 aliphatic heterocycles. The molecule has 0 spiro atoms. The highest BCUT2D eigenvalue weighted by Crippen LogP contribution is 2.18. The van der Waals surface area contributed by atoms with Gasteiger partial charge in [0.25, 0.3) is 0 Å². The maximum Gasteiger partial charge on any atom is 0.244 e. The molecule has 0 aliphatic rings. The minimum absolute atomic E-state index is 0.0663. The molecule has 0 saturated heterocycles. The van der Waals surface area contributed by atoms with Crippen LogP contribution in [-0.2, 0) is 14.8 Å². The number of hydrogen-bond donors (Lipinski definition) is 1. The third-order valence-electron chi connectivity index (χ3n) is 3.06. The van der Waals surface area contributed by atoms with Crippen LogP contribution >= 0.6 is 11.3 Å². The van der Waals surface area contributed by atoms with Gasteiger partial charge in [-0.05, 0) is 30.5 Å². The lowest BCUT2D eigenvalue weighted by Gasteiger charge is -2.18. The third-order valence-corrected chi connectivity index (χ3v) is 5.90. The first-order chi connectivity index (χ1) is 10.4. The molecule has 2 aromatic rings. The van der Waals surface area contributed by atoms with Crippen LogP contribution < -0.4 is 5.32 Å². The van der Waals surface area contributed by atoms with E-state index >= 15 is 0 Å². The van der Waals surface area contributed by atoms with Crippen LogP contribution in [0.25, 0.3) is 0 Å². The van der Waals surface area contributed by atoms with Crippen LogP contribution in [0.1, 0.15) is 17.8 Å². The standard InChI is InChI=1S/C14H17N3O3S2/c1-11(13-6-4-8-21-13)16-14(18)10-17(2)22(19,20)12-5-3-7-15-9-12/h3-9,11H,10H2,1-2H3,(H,16,18). The van der Waals surface area contributed by atoms with Gasteiger partial charge in [-0.1, -0.05) is 6.07 Å². The van der Waals surface area contributed by atoms with Crippen molar-refractivity contribution in [3.8, 4) is 0 Å². The second-order valence-electron chi connectivity index (χ2n) is 4.75. The summed E-state index contributed by atoms with van der Waals surface area (Å²) >= 11 is 1.54. The highest BCUT2D eigenvalue weighted by molar-refractivity contribution is 7.89. The first-order valence-corrected chi connectivity index (χ1v) is 8.92. The predicted molar refractivity (Wildman–Crippen MR) is 84.9 cm³/mol. The van der Waals surface area contributed by atoms with Crippen LogP contribution in [0, 0.1) is 0 Å². The van der Waals surface area contributed by atoms with E-state index in [0.29, 0.717) is 0 Å². The van der Waals surface area contributed by atoms with Crippen molar-refractivity contribution in [2.45, 2.75) is 17.9 Å². The zero-order valence-corrected chi connectivity index (χ0v) is 13.9. The molecule has 118 valence electrons. The van der Waals surface area contributed by atoms with E-state index in [1.165, 1.54) is 36.8 Å². The van der Waals surface area contributed by atoms with Gasteiger partial charge >= 0.3 is 0 Å². The Morgan fingerprint density at radius 2 is 2.18 bits per heavy atom. The van der Waals surface area contributed by atoms with Gasteiger partial charge in [-0.25, -0.2) is 8.42 Å². The van der Waals surface area contributed by atoms with Crippen molar-refractivity contribution >= 4 is 27.3 Å². The van der Waals surface area contributed by atoms with Gasteiger partial charge in [-0.15, -0.1) is 11.3 Å². The number of thiophene rings is 1. The molecule has 22 heavy (non-hydrogen) atoms. The first-order valence-electron chi connectivity index (χ1n) is 6.60. The van der Waals surface area contributed by atoms with Crippen LogP contribution in [0.5, 0.6) is 0 Å². The number of likely N-dealkylation sites (N-methyl/N-ethyl adjacent to an activating group) is 1. The van der Waals surface area contributed by atoms with Gasteiger partial charge in [-0.3, -0.25) is 9.78 Å². The molecule has 0 saturated carbocycles. The predicted octanol–water partition coefficient (Wildman–Crippen LogP) is 1.64. The number of carbonyl (C=O) groups excluding carboxylic acids is 1. The molecule has 1 amide bonds. The van der Waals surface area contributed by atoms with E-state index in [9.17, 15) is 13.2 Å². The molecule has 1 unspecified atom stereocenters. The molecular weight excluding hydrogens is 322 g/mol. The molecule has 8 heteroatoms. The minimum atomic E-state index is -3.71. The number of nitrogens with one attached hydrogen (secondary N) is 1. The summed E-state index contributed by atoms with van der Waals surface area (Å²) in [5.74, 6) is -0.351. The van der Waals surface area contributed by atoms with E-state index in [-0.39, 0.29) is 23.4 Å². The second-order valence-corrected chi connectivity index (χ2v) is 7.78. The molecule has 2 aromatic heterocycles. The van der Waals surface area contributed by atoms with Gasteiger partial charge in [0, 0.05) is 24.3 Å². The Bertz CT molecular complexity index is 715. The SMILES string of the molecule is CC(NC(=O)CN(C)S(=O)(=O)c1cccnc1)c1cccs1. The molecule has 0 radical (unpaired) electrons. The van der Waals surface area contributed by atoms with E-state index in [1.54, 1.807) is 6.07 Å². The van der Waals surface area contributed by atoms with Gasteiger partial charge in [-0.2, -0.15) is 4.31 Å². The van der Waals surface area contributed by atoms with Gasteiger partial charge in [0.1, 0.15) is 4.90 Å². The van der Waals surface area contributed by atoms with Crippen molar-refractivity contribution in [1.29, 1.82) is 0 Å². The average molecular weight is 339 g/mol. The largest absolute Gasteiger partial charge is 0.348 e. The van der Waals surface area contributed by atoms with Crippen LogP contribution in [-0.4, -0.2) is 37.2 Å². The van der Waals surface area contributed by atoms with E-state index in [4.69, 9.17) is 0 Å². The monoisotopic (exact) mass is 339 g/mol. The Morgan fingerprint density at radius 3 is 2.77 bits per heavy atom. The van der Waals surface area contributed by atoms with Crippen LogP contribution in [0.3, 0.4) is 0 Å². The van der Waals surface area contributed by atoms with Gasteiger partial charge in [0.05, 0.1) is 12.6 Å². The molecule has 2 rings (SSSR count). The molecule has 1 atom stereocenters. The van der Waals surface area contributed by atoms with Crippen molar-refractivity contribution in [3.63, 3.8) is 0 Å². The number of carbonyl (C=O) groups is 1. The average Bonchev–Trinajstić information content (AvgIpc) is 3.02. The topological polar surface area (TPSA) is 79.4 Å². The minimum Gasteiger partial charge on any atom is -0.348 e. The summed E-state index contributed by atoms with van der Waals surface area (Å²) in [6.07, 6.45) is 2.76. The normalized spacial score (nSPS) is 13.0. The molecule has 0 aliphatic carbocycles. The summed E-state index contributed by atoms with van der Waals surface area (Å²) in [5, 5.41) is 4.71. The lowest BCUT2D eigenvalue weighted by molar-refractivity contribution is -0.121. The molecular formula is C14H17N3O3S2. The Balaban J connectivity index is 1.99.